The number of aliphatic hydroxyl groups excluding tert-OH is 1. The van der Waals surface area contributed by atoms with Crippen molar-refractivity contribution < 1.29 is 57.8 Å². The fourth-order valence-electron chi connectivity index (χ4n) is 8.15. The topological polar surface area (TPSA) is 167 Å². The summed E-state index contributed by atoms with van der Waals surface area (Å²) in [6.45, 7) is 10.9. The van der Waals surface area contributed by atoms with Gasteiger partial charge >= 0.3 is 11.9 Å². The van der Waals surface area contributed by atoms with Gasteiger partial charge in [0.2, 0.25) is 5.79 Å². The largest absolute Gasteiger partial charge is 0.456 e. The number of ketones is 1. The Labute approximate surface area is 302 Å². The van der Waals surface area contributed by atoms with Gasteiger partial charge in [-0.15, -0.1) is 0 Å². The Balaban J connectivity index is 1.81. The number of Topliss-reactive ketones (excluding diaryl/α,β-unsaturated/α-hetero) is 1. The monoisotopic (exact) mass is 721 g/mol. The molecule has 0 aromatic carbocycles. The summed E-state index contributed by atoms with van der Waals surface area (Å²) in [5.41, 5.74) is -0.225. The van der Waals surface area contributed by atoms with Crippen LogP contribution >= 0.6 is 0 Å². The first kappa shape index (κ1) is 41.1. The molecule has 0 aromatic rings. The Hall–Kier alpha value is -2.68. The van der Waals surface area contributed by atoms with Crippen LogP contribution in [0.2, 0.25) is 0 Å². The normalized spacial score (nSPS) is 39.5. The van der Waals surface area contributed by atoms with Gasteiger partial charge in [-0.25, -0.2) is 9.59 Å². The minimum atomic E-state index is -2.57. The van der Waals surface area contributed by atoms with Crippen molar-refractivity contribution in [2.75, 3.05) is 27.9 Å². The van der Waals surface area contributed by atoms with E-state index in [0.717, 1.165) is 5.57 Å². The molecular formula is C38H59NO12. The highest BCUT2D eigenvalue weighted by Gasteiger charge is 2.58. The van der Waals surface area contributed by atoms with Crippen LogP contribution in [0.5, 0.6) is 0 Å². The smallest absolute Gasteiger partial charge is 0.330 e. The third-order valence-electron chi connectivity index (χ3n) is 11.2. The SMILES string of the molecule is CO[C@@H]1[C@H]2O[C@@](O)(C(=O)C(=O)N3CCCC[C@H]3C(=O)O[C@H](/C(C)=C/[C@@H]3CC[C@@H](O)[C@H](OC)C3)C(C)(C)/C=C/C(=O)O[C@H]1C(C)C)[C@H](C)C[C@@H]2OC. The number of carbonyl (C=O) groups is 4. The maximum atomic E-state index is 14.1. The zero-order valence-electron chi connectivity index (χ0n) is 31.7. The second kappa shape index (κ2) is 17.0. The molecule has 2 saturated heterocycles. The highest BCUT2D eigenvalue weighted by molar-refractivity contribution is 6.39. The van der Waals surface area contributed by atoms with Crippen LogP contribution in [-0.2, 0) is 47.6 Å². The van der Waals surface area contributed by atoms with Crippen molar-refractivity contribution in [1.82, 2.24) is 4.90 Å². The van der Waals surface area contributed by atoms with E-state index in [-0.39, 0.29) is 37.3 Å². The van der Waals surface area contributed by atoms with Crippen molar-refractivity contribution in [3.05, 3.63) is 23.8 Å². The number of allylic oxidation sites excluding steroid dienone is 1. The van der Waals surface area contributed by atoms with E-state index in [9.17, 15) is 29.4 Å². The van der Waals surface area contributed by atoms with Crippen molar-refractivity contribution in [3.63, 3.8) is 0 Å². The number of hydrogen-bond donors (Lipinski definition) is 2. The zero-order chi connectivity index (χ0) is 37.8. The average molecular weight is 722 g/mol. The second-order valence-corrected chi connectivity index (χ2v) is 15.7. The number of carbonyl (C=O) groups excluding carboxylic acids is 4. The highest BCUT2D eigenvalue weighted by atomic mass is 16.7. The Bertz CT molecular complexity index is 1330. The molecule has 0 aromatic heterocycles. The first-order valence-corrected chi connectivity index (χ1v) is 18.3. The summed E-state index contributed by atoms with van der Waals surface area (Å²) >= 11 is 0. The fraction of sp³-hybridized carbons (Fsp3) is 0.789. The Morgan fingerprint density at radius 2 is 1.67 bits per heavy atom. The van der Waals surface area contributed by atoms with Gasteiger partial charge in [0.15, 0.2) is 0 Å². The summed E-state index contributed by atoms with van der Waals surface area (Å²) in [6.07, 6.45) is 2.93. The molecule has 0 unspecified atom stereocenters. The van der Waals surface area contributed by atoms with Crippen LogP contribution < -0.4 is 0 Å². The van der Waals surface area contributed by atoms with Crippen LogP contribution in [-0.4, -0.2) is 121 Å². The van der Waals surface area contributed by atoms with Crippen LogP contribution in [0, 0.1) is 23.2 Å². The van der Waals surface area contributed by atoms with E-state index in [2.05, 4.69) is 0 Å². The van der Waals surface area contributed by atoms with E-state index < -0.39 is 83.4 Å². The molecule has 2 bridgehead atoms. The summed E-state index contributed by atoms with van der Waals surface area (Å²) in [5.74, 6) is -7.33. The van der Waals surface area contributed by atoms with Crippen LogP contribution in [0.3, 0.4) is 0 Å². The number of methoxy groups -OCH3 is 3. The average Bonchev–Trinajstić information content (AvgIpc) is 3.10. The van der Waals surface area contributed by atoms with Crippen LogP contribution in [0.4, 0.5) is 0 Å². The molecule has 51 heavy (non-hydrogen) atoms. The predicted molar refractivity (Wildman–Crippen MR) is 185 cm³/mol. The van der Waals surface area contributed by atoms with Crippen molar-refractivity contribution in [1.29, 1.82) is 0 Å². The molecule has 0 radical (unpaired) electrons. The van der Waals surface area contributed by atoms with E-state index >= 15 is 0 Å². The van der Waals surface area contributed by atoms with Crippen LogP contribution in [0.25, 0.3) is 0 Å². The predicted octanol–water partition coefficient (Wildman–Crippen LogP) is 3.28. The minimum absolute atomic E-state index is 0.0343. The lowest BCUT2D eigenvalue weighted by Gasteiger charge is -2.48. The molecular weight excluding hydrogens is 662 g/mol. The molecule has 11 atom stereocenters. The van der Waals surface area contributed by atoms with Gasteiger partial charge in [0.05, 0.1) is 18.3 Å². The second-order valence-electron chi connectivity index (χ2n) is 15.7. The lowest BCUT2D eigenvalue weighted by atomic mass is 9.79. The zero-order valence-corrected chi connectivity index (χ0v) is 31.7. The number of cyclic esters (lactones) is 2. The van der Waals surface area contributed by atoms with Crippen LogP contribution in [0.15, 0.2) is 23.8 Å². The first-order chi connectivity index (χ1) is 24.0. The minimum Gasteiger partial charge on any atom is -0.456 e. The molecule has 3 fully saturated rings. The number of ether oxygens (including phenoxy) is 6. The number of nitrogens with zero attached hydrogens (tertiary/aromatic N) is 1. The number of fused-ring (bicyclic) bond motifs is 3. The van der Waals surface area contributed by atoms with Gasteiger partial charge in [0.25, 0.3) is 11.7 Å². The molecule has 1 amide bonds. The Morgan fingerprint density at radius 3 is 2.29 bits per heavy atom. The number of esters is 2. The third kappa shape index (κ3) is 8.93. The molecule has 3 heterocycles. The molecule has 0 spiro atoms. The van der Waals surface area contributed by atoms with Gasteiger partial charge in [-0.3, -0.25) is 9.59 Å². The highest BCUT2D eigenvalue weighted by Crippen LogP contribution is 2.40. The molecule has 13 heteroatoms. The standard InChI is InChI=1S/C38H59NO12/c1-21(2)30-32(48-9)31-28(47-8)19-23(4)38(45,51-31)33(42)35(43)39-17-11-10-12-25(39)36(44)50-34(37(5,6)16-15-29(41)49-30)22(3)18-24-13-14-26(40)27(20-24)46-7/h15-16,18,21,23-28,30-32,34,40,45H,10-14,17,19-20H2,1-9H3/b16-15+,22-18+/t23-,24+,25+,26-,27-,28+,30+,31+,32+,34-,38-/m1/s1. The number of amides is 1. The van der Waals surface area contributed by atoms with Gasteiger partial charge in [0.1, 0.15) is 30.5 Å². The molecule has 4 rings (SSSR count). The fourth-order valence-corrected chi connectivity index (χ4v) is 8.15. The van der Waals surface area contributed by atoms with Gasteiger partial charge < -0.3 is 43.5 Å². The molecule has 13 nitrogen and oxygen atoms in total. The molecule has 2 N–H and O–H groups in total. The quantitative estimate of drug-likeness (QED) is 0.234. The molecule has 4 aliphatic rings. The van der Waals surface area contributed by atoms with Crippen LogP contribution in [0.1, 0.15) is 86.5 Å². The molecule has 1 aliphatic carbocycles. The van der Waals surface area contributed by atoms with E-state index in [1.807, 2.05) is 40.7 Å². The maximum Gasteiger partial charge on any atom is 0.330 e. The maximum absolute atomic E-state index is 14.1. The van der Waals surface area contributed by atoms with Crippen molar-refractivity contribution in [2.45, 2.75) is 141 Å². The summed E-state index contributed by atoms with van der Waals surface area (Å²) in [4.78, 5) is 57.0. The molecule has 288 valence electrons. The lowest BCUT2D eigenvalue weighted by molar-refractivity contribution is -0.309. The number of aliphatic hydroxyl groups is 2. The van der Waals surface area contributed by atoms with E-state index in [0.29, 0.717) is 32.1 Å². The summed E-state index contributed by atoms with van der Waals surface area (Å²) in [6, 6.07) is -1.09. The molecule has 3 aliphatic heterocycles. The van der Waals surface area contributed by atoms with Gasteiger partial charge in [0, 0.05) is 45.3 Å². The lowest BCUT2D eigenvalue weighted by Crippen LogP contribution is -2.65. The Morgan fingerprint density at radius 1 is 0.980 bits per heavy atom. The Kier molecular flexibility index (Phi) is 13.7. The molecule has 1 saturated carbocycles. The van der Waals surface area contributed by atoms with Gasteiger partial charge in [-0.1, -0.05) is 46.8 Å². The third-order valence-corrected chi connectivity index (χ3v) is 11.2. The summed E-state index contributed by atoms with van der Waals surface area (Å²) in [5, 5.41) is 22.3. The van der Waals surface area contributed by atoms with Gasteiger partial charge in [-0.05, 0) is 69.3 Å². The van der Waals surface area contributed by atoms with Crippen molar-refractivity contribution in [3.8, 4) is 0 Å². The summed E-state index contributed by atoms with van der Waals surface area (Å²) < 4.78 is 35.5. The first-order valence-electron chi connectivity index (χ1n) is 18.3. The number of hydrogen-bond acceptors (Lipinski definition) is 12. The summed E-state index contributed by atoms with van der Waals surface area (Å²) in [7, 11) is 4.46. The van der Waals surface area contributed by atoms with E-state index in [4.69, 9.17) is 28.4 Å². The number of piperidine rings is 1. The van der Waals surface area contributed by atoms with Crippen molar-refractivity contribution in [2.24, 2.45) is 23.2 Å². The van der Waals surface area contributed by atoms with Gasteiger partial charge in [-0.2, -0.15) is 0 Å². The van der Waals surface area contributed by atoms with E-state index in [1.165, 1.54) is 25.2 Å². The number of rotatable bonds is 6. The van der Waals surface area contributed by atoms with Crippen molar-refractivity contribution >= 4 is 23.6 Å². The van der Waals surface area contributed by atoms with E-state index in [1.54, 1.807) is 20.1 Å².